The molecule has 2 aromatic carbocycles. The van der Waals surface area contributed by atoms with Crippen LogP contribution in [-0.4, -0.2) is 52.7 Å². The van der Waals surface area contributed by atoms with Gasteiger partial charge in [-0.1, -0.05) is 23.7 Å². The summed E-state index contributed by atoms with van der Waals surface area (Å²) in [5.41, 5.74) is 2.04. The van der Waals surface area contributed by atoms with Crippen LogP contribution >= 0.6 is 11.6 Å². The second kappa shape index (κ2) is 9.48. The number of aromatic nitrogens is 4. The Morgan fingerprint density at radius 1 is 1.00 bits per heavy atom. The Bertz CT molecular complexity index is 1750. The van der Waals surface area contributed by atoms with E-state index >= 15 is 0 Å². The summed E-state index contributed by atoms with van der Waals surface area (Å²) in [4.78, 5) is 43.6. The van der Waals surface area contributed by atoms with Crippen molar-refractivity contribution in [1.82, 2.24) is 19.5 Å². The number of methoxy groups -OCH3 is 3. The van der Waals surface area contributed by atoms with Gasteiger partial charge in [-0.15, -0.1) is 0 Å². The van der Waals surface area contributed by atoms with Crippen LogP contribution in [-0.2, 0) is 10.3 Å². The average molecular weight is 575 g/mol. The van der Waals surface area contributed by atoms with Gasteiger partial charge in [-0.3, -0.25) is 14.5 Å². The highest BCUT2D eigenvalue weighted by Gasteiger charge is 2.64. The summed E-state index contributed by atoms with van der Waals surface area (Å²) in [5.74, 6) is 0.203. The standard InChI is InChI=1S/C29H27ClN6O5/c1-14(2)35-23-22(33-24(35)17-13-31-28(41-6)34-25(17)40-5)26(37)36(16-8-10-21(39-4)19(30)12-16)29(23)18-9-7-15(3)11-20(18)32-27(29)38/h7-14H,1-6H3,(H,32,38). The van der Waals surface area contributed by atoms with Gasteiger partial charge >= 0.3 is 6.01 Å². The summed E-state index contributed by atoms with van der Waals surface area (Å²) in [7, 11) is 4.45. The van der Waals surface area contributed by atoms with Gasteiger partial charge in [-0.05, 0) is 50.6 Å². The SMILES string of the molecule is COc1ncc(-c2nc3c(n2C(C)C)C2(C(=O)Nc4cc(C)ccc42)N(c2ccc(OC)c(Cl)c2)C3=O)c(OC)n1. The van der Waals surface area contributed by atoms with Crippen molar-refractivity contribution in [3.8, 4) is 29.0 Å². The maximum Gasteiger partial charge on any atom is 0.319 e. The van der Waals surface area contributed by atoms with Crippen molar-refractivity contribution in [2.45, 2.75) is 32.4 Å². The lowest BCUT2D eigenvalue weighted by Crippen LogP contribution is -2.51. The topological polar surface area (TPSA) is 121 Å². The van der Waals surface area contributed by atoms with E-state index in [1.54, 1.807) is 18.2 Å². The van der Waals surface area contributed by atoms with E-state index in [1.165, 1.54) is 32.4 Å². The zero-order valence-corrected chi connectivity index (χ0v) is 24.0. The molecule has 41 heavy (non-hydrogen) atoms. The highest BCUT2D eigenvalue weighted by Crippen LogP contribution is 2.54. The number of imidazole rings is 1. The van der Waals surface area contributed by atoms with Crippen LogP contribution in [0.3, 0.4) is 0 Å². The number of hydrogen-bond acceptors (Lipinski definition) is 8. The number of carbonyl (C=O) groups is 2. The molecule has 1 unspecified atom stereocenters. The third-order valence-corrected chi connectivity index (χ3v) is 7.69. The predicted octanol–water partition coefficient (Wildman–Crippen LogP) is 4.76. The first-order chi connectivity index (χ1) is 19.7. The minimum Gasteiger partial charge on any atom is -0.495 e. The number of rotatable bonds is 6. The lowest BCUT2D eigenvalue weighted by atomic mass is 9.86. The number of hydrogen-bond donors (Lipinski definition) is 1. The first-order valence-corrected chi connectivity index (χ1v) is 13.2. The molecular formula is C29H27ClN6O5. The summed E-state index contributed by atoms with van der Waals surface area (Å²) in [5, 5.41) is 3.32. The lowest BCUT2D eigenvalue weighted by molar-refractivity contribution is -0.119. The Kier molecular flexibility index (Phi) is 6.14. The maximum atomic E-state index is 14.4. The molecule has 1 N–H and O–H groups in total. The number of aryl methyl sites for hydroxylation is 1. The van der Waals surface area contributed by atoms with Crippen LogP contribution in [0, 0.1) is 6.92 Å². The van der Waals surface area contributed by atoms with Gasteiger partial charge in [0.05, 0.1) is 37.6 Å². The molecule has 4 aromatic rings. The van der Waals surface area contributed by atoms with Gasteiger partial charge in [0.2, 0.25) is 5.88 Å². The van der Waals surface area contributed by atoms with Gasteiger partial charge < -0.3 is 24.1 Å². The summed E-state index contributed by atoms with van der Waals surface area (Å²) >= 11 is 6.52. The minimum atomic E-state index is -1.58. The van der Waals surface area contributed by atoms with Gasteiger partial charge in [-0.2, -0.15) is 4.98 Å². The number of amides is 2. The number of benzene rings is 2. The van der Waals surface area contributed by atoms with Crippen molar-refractivity contribution < 1.29 is 23.8 Å². The summed E-state index contributed by atoms with van der Waals surface area (Å²) in [6.45, 7) is 5.85. The van der Waals surface area contributed by atoms with Gasteiger partial charge in [0.15, 0.2) is 11.2 Å². The number of nitrogens with zero attached hydrogens (tertiary/aromatic N) is 5. The Hall–Kier alpha value is -4.64. The van der Waals surface area contributed by atoms with E-state index in [4.69, 9.17) is 30.8 Å². The van der Waals surface area contributed by atoms with Gasteiger partial charge in [0.25, 0.3) is 11.8 Å². The lowest BCUT2D eigenvalue weighted by Gasteiger charge is -2.36. The zero-order chi connectivity index (χ0) is 29.2. The van der Waals surface area contributed by atoms with Crippen molar-refractivity contribution in [3.05, 3.63) is 70.1 Å². The van der Waals surface area contributed by atoms with Gasteiger partial charge in [0, 0.05) is 29.2 Å². The van der Waals surface area contributed by atoms with Gasteiger partial charge in [-0.25, -0.2) is 9.97 Å². The number of anilines is 2. The molecular weight excluding hydrogens is 548 g/mol. The van der Waals surface area contributed by atoms with E-state index < -0.39 is 11.4 Å². The summed E-state index contributed by atoms with van der Waals surface area (Å²) in [6.07, 6.45) is 1.53. The molecule has 210 valence electrons. The zero-order valence-electron chi connectivity index (χ0n) is 23.3. The smallest absolute Gasteiger partial charge is 0.319 e. The predicted molar refractivity (Wildman–Crippen MR) is 152 cm³/mol. The number of nitrogens with one attached hydrogen (secondary N) is 1. The monoisotopic (exact) mass is 574 g/mol. The molecule has 0 saturated carbocycles. The molecule has 1 spiro atoms. The first kappa shape index (κ1) is 26.6. The fraction of sp³-hybridized carbons (Fsp3) is 0.276. The molecule has 11 nitrogen and oxygen atoms in total. The quantitative estimate of drug-likeness (QED) is 0.350. The van der Waals surface area contributed by atoms with Crippen molar-refractivity contribution >= 4 is 34.8 Å². The van der Waals surface area contributed by atoms with Crippen LogP contribution in [0.5, 0.6) is 17.6 Å². The van der Waals surface area contributed by atoms with E-state index in [0.717, 1.165) is 5.56 Å². The Morgan fingerprint density at radius 2 is 1.78 bits per heavy atom. The third kappa shape index (κ3) is 3.61. The molecule has 4 heterocycles. The number of ether oxygens (including phenoxy) is 3. The van der Waals surface area contributed by atoms with Crippen LogP contribution in [0.25, 0.3) is 11.4 Å². The van der Waals surface area contributed by atoms with Gasteiger partial charge in [0.1, 0.15) is 11.6 Å². The fourth-order valence-electron chi connectivity index (χ4n) is 5.72. The van der Waals surface area contributed by atoms with E-state index in [2.05, 4.69) is 15.3 Å². The van der Waals surface area contributed by atoms with Crippen molar-refractivity contribution in [2.24, 2.45) is 0 Å². The second-order valence-electron chi connectivity index (χ2n) is 10.0. The molecule has 6 rings (SSSR count). The summed E-state index contributed by atoms with van der Waals surface area (Å²) in [6, 6.07) is 10.6. The number of carbonyl (C=O) groups excluding carboxylic acids is 2. The van der Waals surface area contributed by atoms with E-state index in [9.17, 15) is 9.59 Å². The molecule has 2 aliphatic rings. The normalized spacial score (nSPS) is 17.2. The van der Waals surface area contributed by atoms with Crippen molar-refractivity contribution in [1.29, 1.82) is 0 Å². The molecule has 0 fully saturated rings. The highest BCUT2D eigenvalue weighted by molar-refractivity contribution is 6.32. The molecule has 0 bridgehead atoms. The Balaban J connectivity index is 1.70. The van der Waals surface area contributed by atoms with E-state index in [1.807, 2.05) is 43.5 Å². The maximum absolute atomic E-state index is 14.4. The second-order valence-corrected chi connectivity index (χ2v) is 10.5. The number of fused-ring (bicyclic) bond motifs is 4. The molecule has 2 aliphatic heterocycles. The Labute approximate surface area is 241 Å². The third-order valence-electron chi connectivity index (χ3n) is 7.40. The summed E-state index contributed by atoms with van der Waals surface area (Å²) < 4.78 is 17.9. The van der Waals surface area contributed by atoms with Crippen molar-refractivity contribution in [2.75, 3.05) is 31.5 Å². The highest BCUT2D eigenvalue weighted by atomic mass is 35.5. The Morgan fingerprint density at radius 3 is 2.44 bits per heavy atom. The van der Waals surface area contributed by atoms with Crippen LogP contribution < -0.4 is 24.4 Å². The molecule has 1 atom stereocenters. The van der Waals surface area contributed by atoms with E-state index in [-0.39, 0.29) is 29.5 Å². The van der Waals surface area contributed by atoms with Crippen LogP contribution in [0.4, 0.5) is 11.4 Å². The van der Waals surface area contributed by atoms with E-state index in [0.29, 0.717) is 44.8 Å². The minimum absolute atomic E-state index is 0.121. The van der Waals surface area contributed by atoms with Crippen LogP contribution in [0.2, 0.25) is 5.02 Å². The molecule has 0 aliphatic carbocycles. The molecule has 0 saturated heterocycles. The molecule has 0 radical (unpaired) electrons. The first-order valence-electron chi connectivity index (χ1n) is 12.9. The molecule has 12 heteroatoms. The molecule has 2 aromatic heterocycles. The number of halogens is 1. The fourth-order valence-corrected chi connectivity index (χ4v) is 5.97. The largest absolute Gasteiger partial charge is 0.495 e. The van der Waals surface area contributed by atoms with Crippen LogP contribution in [0.1, 0.15) is 47.2 Å². The average Bonchev–Trinajstić information content (AvgIpc) is 3.56. The molecule has 2 amide bonds. The van der Waals surface area contributed by atoms with Crippen LogP contribution in [0.15, 0.2) is 42.6 Å². The van der Waals surface area contributed by atoms with Crippen molar-refractivity contribution in [3.63, 3.8) is 0 Å².